The molecule has 0 saturated carbocycles. The maximum atomic E-state index is 6.24. The van der Waals surface area contributed by atoms with Crippen LogP contribution in [0.5, 0.6) is 11.5 Å². The number of para-hydroxylation sites is 1. The summed E-state index contributed by atoms with van der Waals surface area (Å²) in [6.07, 6.45) is 4.13. The number of aryl methyl sites for hydroxylation is 1. The molecule has 0 fully saturated rings. The first kappa shape index (κ1) is 18.0. The first-order valence-electron chi connectivity index (χ1n) is 7.88. The number of benzene rings is 2. The van der Waals surface area contributed by atoms with Crippen molar-refractivity contribution in [3.05, 3.63) is 83.1 Å². The molecule has 1 unspecified atom stereocenters. The van der Waals surface area contributed by atoms with Gasteiger partial charge in [0.15, 0.2) is 18.1 Å². The molecule has 3 aromatic rings. The lowest BCUT2D eigenvalue weighted by molar-refractivity contribution is -0.671. The Labute approximate surface area is 169 Å². The van der Waals surface area contributed by atoms with Crippen molar-refractivity contribution >= 4 is 17.3 Å². The van der Waals surface area contributed by atoms with Gasteiger partial charge in [-0.05, 0) is 29.8 Å². The van der Waals surface area contributed by atoms with E-state index in [0.717, 1.165) is 22.7 Å². The predicted molar refractivity (Wildman–Crippen MR) is 95.8 cm³/mol. The molecule has 0 radical (unpaired) electrons. The molecule has 1 aromatic heterocycles. The Morgan fingerprint density at radius 2 is 1.72 bits per heavy atom. The highest BCUT2D eigenvalue weighted by molar-refractivity contribution is 6.31. The molecule has 128 valence electrons. The molecular weight excluding hydrogens is 447 g/mol. The maximum Gasteiger partial charge on any atom is 0.168 e. The van der Waals surface area contributed by atoms with E-state index in [2.05, 4.69) is 48.6 Å². The average molecular weight is 465 g/mol. The Bertz CT molecular complexity index is 898. The average Bonchev–Trinajstić information content (AvgIpc) is 2.70. The molecule has 0 N–H and O–H groups in total. The van der Waals surface area contributed by atoms with Crippen LogP contribution in [0.15, 0.2) is 67.0 Å². The fraction of sp³-hybridized carbons (Fsp3) is 0.150. The topological polar surface area (TPSA) is 16.4 Å². The maximum absolute atomic E-state index is 6.24. The first-order valence-corrected chi connectivity index (χ1v) is 8.25. The van der Waals surface area contributed by atoms with Gasteiger partial charge < -0.3 is 33.6 Å². The number of hydrogen-bond acceptors (Lipinski definition) is 2. The van der Waals surface area contributed by atoms with Crippen LogP contribution in [0, 0.1) is 0 Å². The largest absolute Gasteiger partial charge is 1.00 e. The summed E-state index contributed by atoms with van der Waals surface area (Å²) < 4.78 is 8.23. The molecule has 5 heteroatoms. The molecule has 4 rings (SSSR count). The van der Waals surface area contributed by atoms with Gasteiger partial charge in [0.2, 0.25) is 0 Å². The van der Waals surface area contributed by atoms with Gasteiger partial charge in [0, 0.05) is 29.8 Å². The first-order chi connectivity index (χ1) is 11.6. The van der Waals surface area contributed by atoms with Gasteiger partial charge in [-0.25, -0.2) is 4.57 Å². The van der Waals surface area contributed by atoms with E-state index in [4.69, 9.17) is 16.3 Å². The number of halogens is 2. The van der Waals surface area contributed by atoms with E-state index in [1.807, 2.05) is 41.9 Å². The van der Waals surface area contributed by atoms with Crippen LogP contribution < -0.4 is 38.2 Å². The van der Waals surface area contributed by atoms with E-state index in [1.54, 1.807) is 0 Å². The predicted octanol–water partition coefficient (Wildman–Crippen LogP) is 1.50. The zero-order chi connectivity index (χ0) is 16.7. The quantitative estimate of drug-likeness (QED) is 0.401. The number of aromatic nitrogens is 1. The van der Waals surface area contributed by atoms with Crippen molar-refractivity contribution in [2.75, 3.05) is 11.9 Å². The molecule has 1 aliphatic rings. The van der Waals surface area contributed by atoms with Gasteiger partial charge in [-0.3, -0.25) is 0 Å². The number of rotatable bonds is 1. The van der Waals surface area contributed by atoms with Crippen molar-refractivity contribution in [2.24, 2.45) is 7.05 Å². The Morgan fingerprint density at radius 3 is 2.48 bits per heavy atom. The Kier molecular flexibility index (Phi) is 5.20. The molecule has 0 amide bonds. The second-order valence-electron chi connectivity index (χ2n) is 6.06. The van der Waals surface area contributed by atoms with Gasteiger partial charge in [0.25, 0.3) is 0 Å². The second-order valence-corrected chi connectivity index (χ2v) is 6.50. The molecule has 0 bridgehead atoms. The summed E-state index contributed by atoms with van der Waals surface area (Å²) >= 11 is 6.24. The molecule has 25 heavy (non-hydrogen) atoms. The zero-order valence-electron chi connectivity index (χ0n) is 14.0. The third-order valence-corrected chi connectivity index (χ3v) is 4.68. The molecule has 0 aliphatic carbocycles. The molecule has 1 atom stereocenters. The molecule has 2 heterocycles. The van der Waals surface area contributed by atoms with Crippen LogP contribution >= 0.6 is 11.6 Å². The van der Waals surface area contributed by atoms with Crippen molar-refractivity contribution in [3.8, 4) is 11.5 Å². The van der Waals surface area contributed by atoms with Crippen LogP contribution in [-0.2, 0) is 7.05 Å². The van der Waals surface area contributed by atoms with E-state index in [1.165, 1.54) is 5.56 Å². The van der Waals surface area contributed by atoms with E-state index in [-0.39, 0.29) is 30.0 Å². The molecule has 1 aliphatic heterocycles. The molecular formula is C20H18ClIN2O. The smallest absolute Gasteiger partial charge is 0.168 e. The fourth-order valence-electron chi connectivity index (χ4n) is 3.22. The van der Waals surface area contributed by atoms with Crippen molar-refractivity contribution in [1.82, 2.24) is 0 Å². The SMILES string of the molecule is CN1c2cc(Cl)ccc2Oc2ccccc2C1c1cc[n+](C)cc1.[I-]. The Balaban J connectivity index is 0.00000182. The monoisotopic (exact) mass is 464 g/mol. The van der Waals surface area contributed by atoms with Crippen LogP contribution in [-0.4, -0.2) is 7.05 Å². The standard InChI is InChI=1S/C20H18ClN2O.HI/c1-22-11-9-14(10-12-22)20-16-5-3-4-6-18(16)24-19-8-7-15(21)13-17(19)23(20)2;/h3-13,20H,1-2H3;1H/q+1;/p-1. The van der Waals surface area contributed by atoms with Gasteiger partial charge in [0.1, 0.15) is 12.8 Å². The summed E-state index contributed by atoms with van der Waals surface area (Å²) in [6.45, 7) is 0. The number of nitrogens with zero attached hydrogens (tertiary/aromatic N) is 2. The lowest BCUT2D eigenvalue weighted by Gasteiger charge is -2.29. The number of fused-ring (bicyclic) bond motifs is 2. The molecule has 0 saturated heterocycles. The van der Waals surface area contributed by atoms with Gasteiger partial charge in [0.05, 0.1) is 11.7 Å². The zero-order valence-corrected chi connectivity index (χ0v) is 16.9. The van der Waals surface area contributed by atoms with Crippen molar-refractivity contribution < 1.29 is 33.3 Å². The lowest BCUT2D eigenvalue weighted by atomic mass is 9.97. The highest BCUT2D eigenvalue weighted by atomic mass is 127. The second kappa shape index (κ2) is 7.22. The van der Waals surface area contributed by atoms with Crippen LogP contribution in [0.25, 0.3) is 0 Å². The summed E-state index contributed by atoms with van der Waals surface area (Å²) in [7, 11) is 4.10. The van der Waals surface area contributed by atoms with Crippen molar-refractivity contribution in [2.45, 2.75) is 6.04 Å². The van der Waals surface area contributed by atoms with Gasteiger partial charge in [-0.2, -0.15) is 0 Å². The number of pyridine rings is 1. The minimum Gasteiger partial charge on any atom is -1.00 e. The van der Waals surface area contributed by atoms with Crippen LogP contribution in [0.3, 0.4) is 0 Å². The summed E-state index contributed by atoms with van der Waals surface area (Å²) in [6, 6.07) is 18.3. The van der Waals surface area contributed by atoms with E-state index in [0.29, 0.717) is 5.02 Å². The third kappa shape index (κ3) is 3.33. The van der Waals surface area contributed by atoms with E-state index in [9.17, 15) is 0 Å². The van der Waals surface area contributed by atoms with Gasteiger partial charge >= 0.3 is 0 Å². The molecule has 3 nitrogen and oxygen atoms in total. The Morgan fingerprint density at radius 1 is 1.00 bits per heavy atom. The molecule has 0 spiro atoms. The Hall–Kier alpha value is -1.79. The van der Waals surface area contributed by atoms with Crippen LogP contribution in [0.4, 0.5) is 5.69 Å². The summed E-state index contributed by atoms with van der Waals surface area (Å²) in [4.78, 5) is 2.22. The lowest BCUT2D eigenvalue weighted by Crippen LogP contribution is -3.00. The van der Waals surface area contributed by atoms with Gasteiger partial charge in [-0.1, -0.05) is 29.8 Å². The number of anilines is 1. The summed E-state index contributed by atoms with van der Waals surface area (Å²) in [5.74, 6) is 1.70. The van der Waals surface area contributed by atoms with Crippen molar-refractivity contribution in [1.29, 1.82) is 0 Å². The molecule has 2 aromatic carbocycles. The van der Waals surface area contributed by atoms with E-state index < -0.39 is 0 Å². The minimum atomic E-state index is 0. The highest BCUT2D eigenvalue weighted by Crippen LogP contribution is 2.46. The number of hydrogen-bond donors (Lipinski definition) is 0. The van der Waals surface area contributed by atoms with E-state index >= 15 is 0 Å². The third-order valence-electron chi connectivity index (χ3n) is 4.44. The van der Waals surface area contributed by atoms with Crippen molar-refractivity contribution in [3.63, 3.8) is 0 Å². The highest BCUT2D eigenvalue weighted by Gasteiger charge is 2.29. The summed E-state index contributed by atoms with van der Waals surface area (Å²) in [5, 5.41) is 0.702. The van der Waals surface area contributed by atoms with Gasteiger partial charge in [-0.15, -0.1) is 0 Å². The fourth-order valence-corrected chi connectivity index (χ4v) is 3.38. The number of ether oxygens (including phenoxy) is 1. The normalized spacial score (nSPS) is 15.3. The van der Waals surface area contributed by atoms with Crippen LogP contribution in [0.2, 0.25) is 5.02 Å². The minimum absolute atomic E-state index is 0. The summed E-state index contributed by atoms with van der Waals surface area (Å²) in [5.41, 5.74) is 3.33. The van der Waals surface area contributed by atoms with Crippen LogP contribution in [0.1, 0.15) is 17.2 Å².